The number of benzene rings is 10. The summed E-state index contributed by atoms with van der Waals surface area (Å²) in [5.41, 5.74) is 7.20. The lowest BCUT2D eigenvalue weighted by Crippen LogP contribution is -2.24. The molecule has 0 amide bonds. The van der Waals surface area contributed by atoms with Gasteiger partial charge in [0, 0.05) is 106 Å². The summed E-state index contributed by atoms with van der Waals surface area (Å²) in [5.74, 6) is -2.57. The monoisotopic (exact) mass is 1800 g/mol. The molecule has 7 heterocycles. The quantitative estimate of drug-likeness (QED) is 0.0307. The maximum absolute atomic E-state index is 13.8. The van der Waals surface area contributed by atoms with Crippen molar-refractivity contribution in [3.05, 3.63) is 360 Å². The van der Waals surface area contributed by atoms with E-state index in [1.165, 1.54) is 79.4 Å². The first-order valence-corrected chi connectivity index (χ1v) is 44.8. The highest BCUT2D eigenvalue weighted by Crippen LogP contribution is 2.46. The summed E-state index contributed by atoms with van der Waals surface area (Å²) in [6.07, 6.45) is -0.0456. The smallest absolute Gasteiger partial charge is 0.349 e. The third kappa shape index (κ3) is 20.6. The number of thiophene rings is 7. The number of ether oxygens (including phenoxy) is 4. The summed E-state index contributed by atoms with van der Waals surface area (Å²) >= 11 is 27.1. The highest BCUT2D eigenvalue weighted by atomic mass is 35.5. The number of aromatic hydroxyl groups is 1. The van der Waals surface area contributed by atoms with Crippen LogP contribution in [0.4, 0.5) is 0 Å². The summed E-state index contributed by atoms with van der Waals surface area (Å²) in [4.78, 5) is 92.1. The fourth-order valence-corrected chi connectivity index (χ4v) is 20.9. The average molecular weight is 1810 g/mol. The van der Waals surface area contributed by atoms with E-state index in [2.05, 4.69) is 0 Å². The van der Waals surface area contributed by atoms with Crippen LogP contribution in [0.25, 0.3) is 73.7 Å². The lowest BCUT2D eigenvalue weighted by Gasteiger charge is -2.20. The molecule has 612 valence electrons. The molecule has 10 aromatic carbocycles. The van der Waals surface area contributed by atoms with E-state index >= 15 is 0 Å². The van der Waals surface area contributed by atoms with Crippen molar-refractivity contribution in [1.29, 1.82) is 0 Å². The molecule has 0 radical (unpaired) electrons. The number of carboxylic acid groups (broad SMARTS) is 3. The fraction of sp³-hybridized carbons (Fsp3) is 0.103. The molecular weight excluding hydrogens is 1740 g/mol. The van der Waals surface area contributed by atoms with Crippen LogP contribution in [-0.4, -0.2) is 67.3 Å². The van der Waals surface area contributed by atoms with Crippen molar-refractivity contribution < 1.29 is 72.9 Å². The first-order chi connectivity index (χ1) is 58.9. The van der Waals surface area contributed by atoms with Crippen molar-refractivity contribution in [2.75, 3.05) is 0 Å². The minimum atomic E-state index is -1.09. The Morgan fingerprint density at radius 3 is 0.934 bits per heavy atom. The van der Waals surface area contributed by atoms with Gasteiger partial charge in [-0.3, -0.25) is 14.4 Å². The second-order valence-corrected chi connectivity index (χ2v) is 36.9. The minimum absolute atomic E-state index is 0.0194. The normalized spacial score (nSPS) is 11.1. The number of esters is 1. The van der Waals surface area contributed by atoms with Gasteiger partial charge in [0.15, 0.2) is 28.0 Å². The number of carbonyl (C=O) groups excluding carboxylic acids is 4. The van der Waals surface area contributed by atoms with Gasteiger partial charge in [0.05, 0.1) is 16.7 Å². The second-order valence-electron chi connectivity index (χ2n) is 28.4. The van der Waals surface area contributed by atoms with E-state index in [-0.39, 0.29) is 63.2 Å². The molecule has 0 atom stereocenters. The van der Waals surface area contributed by atoms with Gasteiger partial charge in [0.2, 0.25) is 0 Å². The second kappa shape index (κ2) is 39.3. The van der Waals surface area contributed by atoms with Crippen LogP contribution in [0.2, 0.25) is 15.1 Å². The van der Waals surface area contributed by atoms with Crippen LogP contribution < -0.4 is 14.2 Å². The standard InChI is InChI=1S/C32H27ClO4S2.C28H19ClO4S2.C21H13ClO4S2.C16H12O3S/c1-32(2,3)37-31(35)28-24(21-13-15-22(33)16-14-21)19-38-27(28)17-25(34)30-29(23-11-7-8-12-26(23)39-30)36-18-20-9-5-4-6-10-20;29-19-12-10-18(11-13-19)21-16-34-24(25(21)28(31)32)14-22(30)27-26(20-8-4-5-9-23(20)35-27)33-15-17-6-2-1-3-7-17;22-12-7-5-11(6-8-12)14-10-27-17(18(14)21(25)26)9-15(23)20-19(24)13-3-1-2-4-16(13)28-20;17-16(18)15-14(12-8-4-5-9-13(12)20-15)19-10-11-6-2-1-3-7-11/h4-16,19H,17-18H2,1-3H3;1-13,16H,14-15H2,(H,31,32);1-8,10,24H,9H2,(H,25,26);1-9H,10H2,(H,17,18). The molecule has 4 N–H and O–H groups in total. The van der Waals surface area contributed by atoms with E-state index in [0.717, 1.165) is 73.9 Å². The number of Topliss-reactive ketones (excluding diaryl/α,β-unsaturated/α-hetero) is 3. The number of rotatable bonds is 25. The molecule has 0 saturated carbocycles. The van der Waals surface area contributed by atoms with Gasteiger partial charge in [-0.25, -0.2) is 19.2 Å². The van der Waals surface area contributed by atoms with Crippen LogP contribution >= 0.6 is 114 Å². The number of fused-ring (bicyclic) bond motifs is 4. The first-order valence-electron chi connectivity index (χ1n) is 37.8. The molecule has 0 fully saturated rings. The number of aromatic carboxylic acids is 3. The SMILES string of the molecule is CC(C)(C)OC(=O)c1c(-c2ccc(Cl)cc2)csc1CC(=O)c1sc2ccccc2c1OCc1ccccc1.O=C(Cc1scc(-c2ccc(Cl)cc2)c1C(=O)O)c1sc2ccccc2c1O.O=C(Cc1scc(-c2ccc(Cl)cc2)c1C(=O)O)c1sc2ccccc2c1OCc1ccccc1.O=C(O)c1sc2ccccc2c1OCc1ccccc1. The lowest BCUT2D eigenvalue weighted by molar-refractivity contribution is 0.00691. The van der Waals surface area contributed by atoms with Crippen LogP contribution in [0.3, 0.4) is 0 Å². The molecule has 7 aromatic heterocycles. The van der Waals surface area contributed by atoms with Crippen LogP contribution in [0.1, 0.15) is 122 Å². The molecule has 0 bridgehead atoms. The topological polar surface area (TPSA) is 237 Å². The van der Waals surface area contributed by atoms with E-state index in [9.17, 15) is 54.0 Å². The maximum atomic E-state index is 13.8. The predicted octanol–water partition coefficient (Wildman–Crippen LogP) is 27.5. The molecule has 0 aliphatic carbocycles. The van der Waals surface area contributed by atoms with Gasteiger partial charge < -0.3 is 39.4 Å². The van der Waals surface area contributed by atoms with Crippen molar-refractivity contribution >= 4 is 196 Å². The largest absolute Gasteiger partial charge is 0.506 e. The Kier molecular flexibility index (Phi) is 27.9. The minimum Gasteiger partial charge on any atom is -0.506 e. The van der Waals surface area contributed by atoms with Crippen LogP contribution in [0, 0.1) is 0 Å². The fourth-order valence-electron chi connectivity index (χ4n) is 13.2. The molecule has 25 heteroatoms. The highest BCUT2D eigenvalue weighted by Gasteiger charge is 2.32. The first kappa shape index (κ1) is 86.5. The van der Waals surface area contributed by atoms with Crippen LogP contribution in [0.5, 0.6) is 23.0 Å². The zero-order chi connectivity index (χ0) is 85.7. The summed E-state index contributed by atoms with van der Waals surface area (Å²) in [6.45, 7) is 6.54. The van der Waals surface area contributed by atoms with Crippen LogP contribution in [-0.2, 0) is 43.8 Å². The van der Waals surface area contributed by atoms with Gasteiger partial charge in [-0.05, 0) is 155 Å². The molecule has 122 heavy (non-hydrogen) atoms. The Hall–Kier alpha value is -11.9. The van der Waals surface area contributed by atoms with E-state index in [0.29, 0.717) is 98.6 Å². The van der Waals surface area contributed by atoms with Crippen LogP contribution in [0.15, 0.2) is 277 Å². The van der Waals surface area contributed by atoms with Crippen molar-refractivity contribution in [1.82, 2.24) is 0 Å². The number of hydrogen-bond donors (Lipinski definition) is 4. The third-order valence-electron chi connectivity index (χ3n) is 18.9. The van der Waals surface area contributed by atoms with Gasteiger partial charge in [-0.15, -0.1) is 79.4 Å². The lowest BCUT2D eigenvalue weighted by atomic mass is 10.0. The van der Waals surface area contributed by atoms with Gasteiger partial charge in [-0.1, -0.05) is 211 Å². The van der Waals surface area contributed by atoms with Gasteiger partial charge in [0.1, 0.15) is 57.3 Å². The zero-order valence-corrected chi connectivity index (χ0v) is 73.1. The number of hydrogen-bond acceptors (Lipinski definition) is 19. The van der Waals surface area contributed by atoms with Crippen molar-refractivity contribution in [2.45, 2.75) is 65.5 Å². The molecule has 0 unspecified atom stereocenters. The zero-order valence-electron chi connectivity index (χ0n) is 65.1. The van der Waals surface area contributed by atoms with E-state index in [1.807, 2.05) is 214 Å². The highest BCUT2D eigenvalue weighted by molar-refractivity contribution is 7.22. The Labute approximate surface area is 743 Å². The molecular formula is C97H71Cl3O15S7. The average Bonchev–Trinajstić information content (AvgIpc) is 1.64. The van der Waals surface area contributed by atoms with E-state index < -0.39 is 29.5 Å². The Morgan fingerprint density at radius 2 is 0.607 bits per heavy atom. The van der Waals surface area contributed by atoms with Gasteiger partial charge >= 0.3 is 23.9 Å². The molecule has 17 rings (SSSR count). The summed E-state index contributed by atoms with van der Waals surface area (Å²) in [5, 5.41) is 49.8. The van der Waals surface area contributed by atoms with Gasteiger partial charge in [0.25, 0.3) is 0 Å². The van der Waals surface area contributed by atoms with Gasteiger partial charge in [-0.2, -0.15) is 0 Å². The molecule has 17 aromatic rings. The number of halogens is 3. The molecule has 0 spiro atoms. The van der Waals surface area contributed by atoms with Crippen molar-refractivity contribution in [3.63, 3.8) is 0 Å². The third-order valence-corrected chi connectivity index (χ3v) is 27.4. The maximum Gasteiger partial charge on any atom is 0.349 e. The Balaban J connectivity index is 0.000000136. The summed E-state index contributed by atoms with van der Waals surface area (Å²) < 4.78 is 27.6. The predicted molar refractivity (Wildman–Crippen MR) is 496 cm³/mol. The van der Waals surface area contributed by atoms with E-state index in [4.69, 9.17) is 53.8 Å². The molecule has 0 saturated heterocycles. The summed E-state index contributed by atoms with van der Waals surface area (Å²) in [6, 6.07) is 80.9. The van der Waals surface area contributed by atoms with Crippen molar-refractivity contribution in [3.8, 4) is 56.4 Å². The Bertz CT molecular complexity index is 6670. The number of carbonyl (C=O) groups is 7. The van der Waals surface area contributed by atoms with Crippen molar-refractivity contribution in [2.24, 2.45) is 0 Å². The Morgan fingerprint density at radius 1 is 0.328 bits per heavy atom. The molecule has 0 aliphatic heterocycles. The molecule has 0 aliphatic rings. The molecule has 15 nitrogen and oxygen atoms in total. The summed E-state index contributed by atoms with van der Waals surface area (Å²) in [7, 11) is 0. The van der Waals surface area contributed by atoms with E-state index in [1.54, 1.807) is 83.6 Å². The number of carboxylic acids is 3. The number of ketones is 3.